The fourth-order valence-corrected chi connectivity index (χ4v) is 13.6. The molecule has 19 N–H and O–H groups in total. The highest BCUT2D eigenvalue weighted by Gasteiger charge is 2.64. The van der Waals surface area contributed by atoms with Crippen molar-refractivity contribution in [3.8, 4) is 0 Å². The maximum atomic E-state index is 13.8. The van der Waals surface area contributed by atoms with Crippen molar-refractivity contribution < 1.29 is 52.4 Å². The van der Waals surface area contributed by atoms with Crippen molar-refractivity contribution >= 4 is 49.2 Å². The van der Waals surface area contributed by atoms with Crippen LogP contribution < -0.4 is 61.0 Å². The fraction of sp³-hybridized carbons (Fsp3) is 0.688. The van der Waals surface area contributed by atoms with E-state index in [1.807, 2.05) is 41.5 Å². The minimum Gasteiger partial charge on any atom is -0.381 e. The van der Waals surface area contributed by atoms with Gasteiger partial charge in [0.15, 0.2) is 0 Å². The number of amides is 7. The van der Waals surface area contributed by atoms with Gasteiger partial charge >= 0.3 is 7.82 Å². The van der Waals surface area contributed by atoms with Crippen LogP contribution in [0.2, 0.25) is 0 Å². The van der Waals surface area contributed by atoms with Crippen LogP contribution in [0.4, 0.5) is 0 Å². The molecule has 11 atom stereocenters. The van der Waals surface area contributed by atoms with E-state index in [0.29, 0.717) is 34.7 Å². The largest absolute Gasteiger partial charge is 0.469 e. The molecule has 396 valence electrons. The number of hydrogen-bond acceptors (Lipinski definition) is 13. The van der Waals surface area contributed by atoms with Crippen LogP contribution in [0.25, 0.3) is 0 Å². The fourth-order valence-electron chi connectivity index (χ4n) is 13.1. The van der Waals surface area contributed by atoms with Gasteiger partial charge in [0.2, 0.25) is 41.4 Å². The Labute approximate surface area is 415 Å². The van der Waals surface area contributed by atoms with Gasteiger partial charge in [-0.2, -0.15) is 0 Å². The zero-order valence-electron chi connectivity index (χ0n) is 42.6. The van der Waals surface area contributed by atoms with E-state index in [-0.39, 0.29) is 76.7 Å². The molecule has 71 heavy (non-hydrogen) atoms. The molecule has 3 saturated heterocycles. The van der Waals surface area contributed by atoms with E-state index >= 15 is 0 Å². The lowest BCUT2D eigenvalue weighted by molar-refractivity contribution is -0.122. The van der Waals surface area contributed by atoms with Crippen molar-refractivity contribution in [1.29, 1.82) is 0 Å². The summed E-state index contributed by atoms with van der Waals surface area (Å²) >= 11 is 0. The molecule has 22 nitrogen and oxygen atoms in total. The molecule has 23 heteroatoms. The number of fused-ring (bicyclic) bond motifs is 9. The second-order valence-electron chi connectivity index (χ2n) is 22.1. The standard InChI is InChI=1S/C48H78N11O11P/c1-23(70-71(67,68)69)22-55-38(66)16-17-45(6)29(18-35(52)63)43-48(9)47(8,21-37(54)65)28(12-15-34(51)62)40(59-48)25(3)42-46(7,20-36(53)64)26(10-13-32(49)60)30(56-42)19-31-44(4,5)27(11-14-33(50)61)39(57-31)24(2)41(45)58-43/h19,23,26-28,31,39,42,56-59H,10-18,20-22H2,1-9H3,(H2,49,60)(H2,50,61)(H2,51,62)(H2,52,63)(H2,53,64)(H2,54,65)(H,55,66)(H2,67,68,69)/b30-19-,40-25-,41-24-/t23-,26-,27-,28-,31?,39?,42?,45-,46+,47+,48+/m1/s1. The van der Waals surface area contributed by atoms with E-state index in [1.54, 1.807) is 0 Å². The summed E-state index contributed by atoms with van der Waals surface area (Å²) in [5, 5.41) is 18.0. The first kappa shape index (κ1) is 56.6. The molecule has 0 aliphatic carbocycles. The molecule has 0 saturated carbocycles. The van der Waals surface area contributed by atoms with Crippen molar-refractivity contribution in [1.82, 2.24) is 26.6 Å². The second kappa shape index (κ2) is 20.7. The van der Waals surface area contributed by atoms with E-state index in [0.717, 1.165) is 11.3 Å². The molecule has 3 fully saturated rings. The van der Waals surface area contributed by atoms with Gasteiger partial charge in [-0.25, -0.2) is 4.57 Å². The van der Waals surface area contributed by atoms with Gasteiger partial charge in [0.1, 0.15) is 0 Å². The van der Waals surface area contributed by atoms with Gasteiger partial charge in [-0.05, 0) is 87.5 Å². The summed E-state index contributed by atoms with van der Waals surface area (Å²) in [5.74, 6) is -5.45. The van der Waals surface area contributed by atoms with E-state index in [9.17, 15) is 47.9 Å². The third-order valence-electron chi connectivity index (χ3n) is 16.9. The molecule has 5 heterocycles. The molecule has 0 aromatic heterocycles. The average molecular weight is 1020 g/mol. The lowest BCUT2D eigenvalue weighted by Crippen LogP contribution is -2.54. The monoisotopic (exact) mass is 1020 g/mol. The first-order valence-electron chi connectivity index (χ1n) is 24.3. The van der Waals surface area contributed by atoms with Gasteiger partial charge in [-0.3, -0.25) is 38.1 Å². The summed E-state index contributed by atoms with van der Waals surface area (Å²) < 4.78 is 16.3. The molecule has 5 aliphatic rings. The summed E-state index contributed by atoms with van der Waals surface area (Å²) in [5.41, 5.74) is 35.0. The maximum absolute atomic E-state index is 13.8. The quantitative estimate of drug-likeness (QED) is 0.0663. The Bertz CT molecular complexity index is 2400. The lowest BCUT2D eigenvalue weighted by atomic mass is 9.60. The number of phosphoric ester groups is 1. The number of allylic oxidation sites excluding steroid dienone is 3. The van der Waals surface area contributed by atoms with Crippen LogP contribution in [0.15, 0.2) is 45.6 Å². The Morgan fingerprint density at radius 2 is 1.32 bits per heavy atom. The van der Waals surface area contributed by atoms with Crippen LogP contribution in [0.3, 0.4) is 0 Å². The highest BCUT2D eigenvalue weighted by atomic mass is 31.2. The van der Waals surface area contributed by atoms with Crippen molar-refractivity contribution in [2.24, 2.45) is 73.8 Å². The topological polar surface area (TPSA) is 403 Å². The Balaban J connectivity index is 1.92. The number of primary amides is 6. The van der Waals surface area contributed by atoms with Gasteiger partial charge < -0.3 is 70.8 Å². The van der Waals surface area contributed by atoms with Gasteiger partial charge in [0.05, 0.1) is 24.1 Å². The number of carbonyl (C=O) groups excluding carboxylic acids is 7. The first-order valence-corrected chi connectivity index (χ1v) is 25.8. The van der Waals surface area contributed by atoms with E-state index < -0.39 is 112 Å². The lowest BCUT2D eigenvalue weighted by Gasteiger charge is -2.44. The third-order valence-corrected chi connectivity index (χ3v) is 17.5. The van der Waals surface area contributed by atoms with Crippen molar-refractivity contribution in [3.63, 3.8) is 0 Å². The summed E-state index contributed by atoms with van der Waals surface area (Å²) in [6, 6.07) is -1.57. The predicted molar refractivity (Wildman–Crippen MR) is 263 cm³/mol. The Hall–Kier alpha value is -5.28. The van der Waals surface area contributed by atoms with Gasteiger partial charge in [-0.1, -0.05) is 34.6 Å². The third kappa shape index (κ3) is 11.4. The minimum absolute atomic E-state index is 0.00948. The summed E-state index contributed by atoms with van der Waals surface area (Å²) in [4.78, 5) is 111. The summed E-state index contributed by atoms with van der Waals surface area (Å²) in [7, 11) is -4.85. The molecule has 0 radical (unpaired) electrons. The zero-order valence-corrected chi connectivity index (χ0v) is 43.5. The molecular formula is C48H78N11O11P. The normalized spacial score (nSPS) is 35.2. The SMILES string of the molecule is C/C1=C2/NC(=C(CC(N)=O)[C@@]2(C)CCC(=O)NC[C@@H](C)OP(=O)(O)O)[C@]2(C)N/C(=C(/C)C3N/C(=C\C4NC1[C@@H](CCC(N)=O)C4(C)C)[C@@H](CCC(N)=O)[C@]3(C)CC(N)=O)[C@@H](CCC(N)=O)[C@]2(C)CC(N)=O. The molecule has 5 aliphatic heterocycles. The number of rotatable bonds is 22. The highest BCUT2D eigenvalue weighted by Crippen LogP contribution is 2.62. The van der Waals surface area contributed by atoms with Crippen LogP contribution >= 0.6 is 7.82 Å². The van der Waals surface area contributed by atoms with Crippen LogP contribution in [0, 0.1) is 39.4 Å². The van der Waals surface area contributed by atoms with Gasteiger partial charge in [-0.15, -0.1) is 0 Å². The van der Waals surface area contributed by atoms with Crippen LogP contribution in [-0.4, -0.2) is 87.5 Å². The average Bonchev–Trinajstić information content (AvgIpc) is 3.83. The Kier molecular flexibility index (Phi) is 16.5. The molecule has 0 aromatic carbocycles. The minimum atomic E-state index is -4.85. The number of nitrogens with two attached hydrogens (primary N) is 6. The maximum Gasteiger partial charge on any atom is 0.469 e. The van der Waals surface area contributed by atoms with E-state index in [4.69, 9.17) is 38.9 Å². The van der Waals surface area contributed by atoms with Crippen LogP contribution in [0.1, 0.15) is 133 Å². The Morgan fingerprint density at radius 3 is 1.86 bits per heavy atom. The van der Waals surface area contributed by atoms with Gasteiger partial charge in [0, 0.05) is 108 Å². The summed E-state index contributed by atoms with van der Waals surface area (Å²) in [6.07, 6.45) is 0.995. The number of phosphoric acid groups is 1. The molecule has 8 bridgehead atoms. The van der Waals surface area contributed by atoms with Crippen molar-refractivity contribution in [3.05, 3.63) is 45.6 Å². The molecule has 5 rings (SSSR count). The Morgan fingerprint density at radius 1 is 0.761 bits per heavy atom. The first-order chi connectivity index (χ1) is 32.6. The molecule has 0 aromatic rings. The van der Waals surface area contributed by atoms with Gasteiger partial charge in [0.25, 0.3) is 0 Å². The van der Waals surface area contributed by atoms with Crippen molar-refractivity contribution in [2.45, 2.75) is 163 Å². The van der Waals surface area contributed by atoms with E-state index in [2.05, 4.69) is 46.5 Å². The molecule has 0 spiro atoms. The number of nitrogens with one attached hydrogen (secondary N) is 5. The number of carbonyl (C=O) groups is 7. The zero-order chi connectivity index (χ0) is 53.6. The number of hydrogen-bond donors (Lipinski definition) is 13. The highest BCUT2D eigenvalue weighted by molar-refractivity contribution is 7.46. The second-order valence-corrected chi connectivity index (χ2v) is 23.3. The van der Waals surface area contributed by atoms with Crippen LogP contribution in [-0.2, 0) is 42.7 Å². The smallest absolute Gasteiger partial charge is 0.381 e. The predicted octanol–water partition coefficient (Wildman–Crippen LogP) is 0.674. The molecular weight excluding hydrogens is 938 g/mol. The van der Waals surface area contributed by atoms with E-state index in [1.165, 1.54) is 6.92 Å². The molecule has 3 unspecified atom stereocenters. The summed E-state index contributed by atoms with van der Waals surface area (Å²) in [6.45, 7) is 16.8. The van der Waals surface area contributed by atoms with Crippen molar-refractivity contribution in [2.75, 3.05) is 6.54 Å². The molecule has 7 amide bonds. The van der Waals surface area contributed by atoms with Crippen LogP contribution in [0.5, 0.6) is 0 Å².